The fourth-order valence-electron chi connectivity index (χ4n) is 6.94. The molecule has 238 valence electrons. The largest absolute Gasteiger partial charge is 0.497 e. The summed E-state index contributed by atoms with van der Waals surface area (Å²) in [6.45, 7) is 14.8. The van der Waals surface area contributed by atoms with Crippen molar-refractivity contribution in [1.82, 2.24) is 14.6 Å². The monoisotopic (exact) mass is 628 g/mol. The maximum Gasteiger partial charge on any atom is 0.211 e. The number of fused-ring (bicyclic) bond motifs is 2. The number of nitrogens with zero attached hydrogens (tertiary/aromatic N) is 3. The Morgan fingerprint density at radius 3 is 2.73 bits per heavy atom. The van der Waals surface area contributed by atoms with Gasteiger partial charge < -0.3 is 20.1 Å². The van der Waals surface area contributed by atoms with E-state index in [1.54, 1.807) is 19.4 Å². The molecule has 0 saturated carbocycles. The van der Waals surface area contributed by atoms with Crippen molar-refractivity contribution in [2.24, 2.45) is 11.8 Å². The third-order valence-electron chi connectivity index (χ3n) is 9.34. The number of hydrogen-bond acceptors (Lipinski definition) is 7. The lowest BCUT2D eigenvalue weighted by Crippen LogP contribution is -2.43. The van der Waals surface area contributed by atoms with E-state index in [1.165, 1.54) is 10.6 Å². The number of anilines is 1. The van der Waals surface area contributed by atoms with Crippen molar-refractivity contribution in [1.29, 1.82) is 0 Å². The van der Waals surface area contributed by atoms with E-state index in [1.807, 2.05) is 37.3 Å². The summed E-state index contributed by atoms with van der Waals surface area (Å²) in [7, 11) is -1.67. The van der Waals surface area contributed by atoms with Gasteiger partial charge in [0.05, 0.1) is 31.0 Å². The predicted molar refractivity (Wildman–Crippen MR) is 182 cm³/mol. The highest BCUT2D eigenvalue weighted by Gasteiger charge is 2.35. The van der Waals surface area contributed by atoms with Crippen LogP contribution in [0.2, 0.25) is 0 Å². The van der Waals surface area contributed by atoms with Crippen LogP contribution < -0.4 is 15.0 Å². The van der Waals surface area contributed by atoms with Gasteiger partial charge in [-0.05, 0) is 91.1 Å². The molecule has 5 rings (SSSR count). The quantitative estimate of drug-likeness (QED) is 0.226. The summed E-state index contributed by atoms with van der Waals surface area (Å²) < 4.78 is 31.7. The van der Waals surface area contributed by atoms with E-state index in [4.69, 9.17) is 4.74 Å². The van der Waals surface area contributed by atoms with Crippen LogP contribution in [0.15, 0.2) is 61.8 Å². The second-order valence-electron chi connectivity index (χ2n) is 12.1. The highest BCUT2D eigenvalue weighted by atomic mass is 32.2. The van der Waals surface area contributed by atoms with Crippen LogP contribution in [-0.4, -0.2) is 61.9 Å². The van der Waals surface area contributed by atoms with Crippen molar-refractivity contribution in [3.8, 4) is 17.6 Å². The first kappa shape index (κ1) is 32.7. The van der Waals surface area contributed by atoms with E-state index in [9.17, 15) is 13.5 Å². The number of nitrogens with one attached hydrogen (secondary N) is 1. The first-order valence-electron chi connectivity index (χ1n) is 15.4. The van der Waals surface area contributed by atoms with Gasteiger partial charge in [0.1, 0.15) is 5.75 Å². The molecule has 1 saturated heterocycles. The van der Waals surface area contributed by atoms with Crippen molar-refractivity contribution in [3.63, 3.8) is 0 Å². The number of rotatable bonds is 11. The summed E-state index contributed by atoms with van der Waals surface area (Å²) >= 11 is 0. The standard InChI is InChI=1S/C36H44N4O4S/c1-7-10-29-24(4)34(18-27-22-40(23-32(27)29)45(6,42)43)39-17-14-26(25(9-3)21-39)19-35(41)36(38-15-8-2)30-13-16-37-33-12-11-28(44-5)20-31(30)33/h8-9,11-13,16,18,20,25-26,35-36,38,41H,2-3,14-15,17,19,21-23H2,1,4-6H3/t25-,26-,35+,36-/m0/s1. The van der Waals surface area contributed by atoms with E-state index in [0.717, 1.165) is 69.7 Å². The van der Waals surface area contributed by atoms with Crippen LogP contribution in [0.25, 0.3) is 10.9 Å². The summed E-state index contributed by atoms with van der Waals surface area (Å²) in [4.78, 5) is 6.91. The van der Waals surface area contributed by atoms with Crippen LogP contribution in [0, 0.1) is 30.6 Å². The molecule has 0 aliphatic carbocycles. The normalized spacial score (nSPS) is 19.8. The molecule has 2 aliphatic rings. The zero-order valence-corrected chi connectivity index (χ0v) is 27.5. The van der Waals surface area contributed by atoms with Gasteiger partial charge >= 0.3 is 0 Å². The van der Waals surface area contributed by atoms with Crippen LogP contribution in [-0.2, 0) is 23.1 Å². The Morgan fingerprint density at radius 1 is 1.24 bits per heavy atom. The van der Waals surface area contributed by atoms with Gasteiger partial charge in [0.25, 0.3) is 0 Å². The molecule has 2 aliphatic heterocycles. The average Bonchev–Trinajstić information content (AvgIpc) is 3.47. The van der Waals surface area contributed by atoms with E-state index in [2.05, 4.69) is 53.2 Å². The molecule has 9 heteroatoms. The van der Waals surface area contributed by atoms with Crippen molar-refractivity contribution in [3.05, 3.63) is 89.7 Å². The molecule has 4 atom stereocenters. The fraction of sp³-hybridized carbons (Fsp3) is 0.417. The molecule has 8 nitrogen and oxygen atoms in total. The van der Waals surface area contributed by atoms with E-state index in [-0.39, 0.29) is 17.9 Å². The van der Waals surface area contributed by atoms with E-state index >= 15 is 0 Å². The Kier molecular flexibility index (Phi) is 10.00. The number of aromatic nitrogens is 1. The molecule has 3 heterocycles. The number of piperidine rings is 1. The van der Waals surface area contributed by atoms with Crippen molar-refractivity contribution < 1.29 is 18.3 Å². The van der Waals surface area contributed by atoms with Crippen molar-refractivity contribution in [2.75, 3.05) is 37.9 Å². The lowest BCUT2D eigenvalue weighted by molar-refractivity contribution is 0.0879. The molecule has 0 bridgehead atoms. The third kappa shape index (κ3) is 6.80. The first-order valence-corrected chi connectivity index (χ1v) is 17.3. The minimum Gasteiger partial charge on any atom is -0.497 e. The number of hydrogen-bond donors (Lipinski definition) is 2. The van der Waals surface area contributed by atoms with Gasteiger partial charge in [-0.3, -0.25) is 4.98 Å². The summed E-state index contributed by atoms with van der Waals surface area (Å²) in [5.41, 5.74) is 6.95. The SMILES string of the molecule is C=CCN[C@@H](c1ccnc2ccc(OC)cc12)[C@H](O)C[C@@H]1CCN(c2cc3c(c(C#CC)c2C)CN(S(C)(=O)=O)C3)C[C@@H]1C=C. The van der Waals surface area contributed by atoms with Gasteiger partial charge in [-0.25, -0.2) is 8.42 Å². The highest BCUT2D eigenvalue weighted by molar-refractivity contribution is 7.88. The summed E-state index contributed by atoms with van der Waals surface area (Å²) in [6.07, 6.45) is 7.70. The topological polar surface area (TPSA) is 95.0 Å². The maximum atomic E-state index is 12.4. The fourth-order valence-corrected chi connectivity index (χ4v) is 7.68. The zero-order chi connectivity index (χ0) is 32.3. The molecule has 2 aromatic carbocycles. The van der Waals surface area contributed by atoms with Crippen LogP contribution >= 0.6 is 0 Å². The Labute approximate surface area is 267 Å². The Bertz CT molecular complexity index is 1760. The minimum atomic E-state index is -3.32. The number of pyridine rings is 1. The van der Waals surface area contributed by atoms with Gasteiger partial charge in [0.2, 0.25) is 10.0 Å². The molecule has 0 radical (unpaired) electrons. The molecular weight excluding hydrogens is 584 g/mol. The molecule has 1 fully saturated rings. The molecule has 45 heavy (non-hydrogen) atoms. The predicted octanol–water partition coefficient (Wildman–Crippen LogP) is 5.09. The number of aliphatic hydroxyl groups is 1. The molecule has 1 aromatic heterocycles. The third-order valence-corrected chi connectivity index (χ3v) is 10.5. The average molecular weight is 629 g/mol. The number of benzene rings is 2. The van der Waals surface area contributed by atoms with E-state index in [0.29, 0.717) is 26.1 Å². The van der Waals surface area contributed by atoms with Crippen LogP contribution in [0.4, 0.5) is 5.69 Å². The molecule has 0 unspecified atom stereocenters. The van der Waals surface area contributed by atoms with E-state index < -0.39 is 16.1 Å². The molecule has 2 N–H and O–H groups in total. The first-order chi connectivity index (χ1) is 21.6. The number of ether oxygens (including phenoxy) is 1. The van der Waals surface area contributed by atoms with Crippen LogP contribution in [0.3, 0.4) is 0 Å². The number of sulfonamides is 1. The van der Waals surface area contributed by atoms with Gasteiger partial charge in [-0.1, -0.05) is 18.1 Å². The van der Waals surface area contributed by atoms with Gasteiger partial charge in [0.15, 0.2) is 0 Å². The molecule has 0 amide bonds. The van der Waals surface area contributed by atoms with Crippen molar-refractivity contribution in [2.45, 2.75) is 51.9 Å². The summed E-state index contributed by atoms with van der Waals surface area (Å²) in [6, 6.07) is 9.61. The maximum absolute atomic E-state index is 12.4. The summed E-state index contributed by atoms with van der Waals surface area (Å²) in [5.74, 6) is 7.44. The van der Waals surface area contributed by atoms with Gasteiger partial charge in [-0.2, -0.15) is 4.31 Å². The second kappa shape index (κ2) is 13.8. The van der Waals surface area contributed by atoms with Crippen LogP contribution in [0.5, 0.6) is 5.75 Å². The smallest absolute Gasteiger partial charge is 0.211 e. The Morgan fingerprint density at radius 2 is 2.04 bits per heavy atom. The van der Waals surface area contributed by atoms with Crippen molar-refractivity contribution >= 4 is 26.6 Å². The van der Waals surface area contributed by atoms with Gasteiger partial charge in [-0.15, -0.1) is 19.1 Å². The second-order valence-corrected chi connectivity index (χ2v) is 14.1. The lowest BCUT2D eigenvalue weighted by atomic mass is 9.79. The Balaban J connectivity index is 1.39. The molecule has 0 spiro atoms. The zero-order valence-electron chi connectivity index (χ0n) is 26.7. The molecular formula is C36H44N4O4S. The Hall–Kier alpha value is -3.68. The lowest BCUT2D eigenvalue weighted by Gasteiger charge is -2.41. The number of methoxy groups -OCH3 is 1. The minimum absolute atomic E-state index is 0.156. The summed E-state index contributed by atoms with van der Waals surface area (Å²) in [5, 5.41) is 16.2. The molecule has 3 aromatic rings. The van der Waals surface area contributed by atoms with Gasteiger partial charge in [0, 0.05) is 55.6 Å². The van der Waals surface area contributed by atoms with Crippen LogP contribution in [0.1, 0.15) is 53.6 Å². The highest BCUT2D eigenvalue weighted by Crippen LogP contribution is 2.39. The number of aliphatic hydroxyl groups excluding tert-OH is 1.